The summed E-state index contributed by atoms with van der Waals surface area (Å²) in [5.41, 5.74) is 4.36. The van der Waals surface area contributed by atoms with E-state index in [4.69, 9.17) is 1.41 Å². The number of carbonyl (C=O) groups excluding carboxylic acids is 1. The van der Waals surface area contributed by atoms with E-state index in [0.717, 1.165) is 11.1 Å². The summed E-state index contributed by atoms with van der Waals surface area (Å²) < 4.78 is 6.71. The van der Waals surface area contributed by atoms with Crippen molar-refractivity contribution in [3.05, 3.63) is 34.9 Å². The Morgan fingerprint density at radius 2 is 2.27 bits per heavy atom. The molecule has 0 unspecified atom stereocenters. The Balaban J connectivity index is 3.13. The van der Waals surface area contributed by atoms with E-state index < -0.39 is 0 Å². The largest absolute Gasteiger partial charge is 0.366 e. The van der Waals surface area contributed by atoms with E-state index in [1.54, 1.807) is 6.07 Å². The molecule has 2 heteroatoms. The molecule has 1 aromatic rings. The fourth-order valence-electron chi connectivity index (χ4n) is 0.980. The summed E-state index contributed by atoms with van der Waals surface area (Å²) in [5.74, 6) is -0.351. The van der Waals surface area contributed by atoms with Crippen molar-refractivity contribution in [3.8, 4) is 0 Å². The van der Waals surface area contributed by atoms with E-state index in [1.165, 1.54) is 0 Å². The number of rotatable bonds is 1. The number of amides is 1. The van der Waals surface area contributed by atoms with Gasteiger partial charge in [0.15, 0.2) is 1.41 Å². The summed E-state index contributed by atoms with van der Waals surface area (Å²) >= 11 is 0. The van der Waals surface area contributed by atoms with Gasteiger partial charge in [-0.25, -0.2) is 0 Å². The maximum Gasteiger partial charge on any atom is 0.248 e. The van der Waals surface area contributed by atoms with Crippen molar-refractivity contribution in [2.45, 2.75) is 13.8 Å². The average Bonchev–Trinajstić information content (AvgIpc) is 2.08. The van der Waals surface area contributed by atoms with Crippen molar-refractivity contribution >= 4 is 5.91 Å². The highest BCUT2D eigenvalue weighted by Crippen LogP contribution is 2.08. The van der Waals surface area contributed by atoms with Crippen LogP contribution < -0.4 is 5.73 Å². The third-order valence-electron chi connectivity index (χ3n) is 1.64. The zero-order chi connectivity index (χ0) is 9.14. The minimum atomic E-state index is -0.351. The Morgan fingerprint density at radius 3 is 2.91 bits per heavy atom. The van der Waals surface area contributed by atoms with Crippen LogP contribution in [0.25, 0.3) is 0 Å². The van der Waals surface area contributed by atoms with E-state index in [2.05, 4.69) is 0 Å². The Hall–Kier alpha value is -1.31. The topological polar surface area (TPSA) is 43.1 Å². The SMILES string of the molecule is [2H]NC(=O)c1cc(C)ccc1C. The molecule has 0 heterocycles. The summed E-state index contributed by atoms with van der Waals surface area (Å²) in [5, 5.41) is 0. The van der Waals surface area contributed by atoms with Gasteiger partial charge < -0.3 is 5.73 Å². The number of primary amides is 1. The molecule has 0 fully saturated rings. The third-order valence-corrected chi connectivity index (χ3v) is 1.64. The maximum atomic E-state index is 11.1. The molecule has 1 amide bonds. The molecule has 58 valence electrons. The quantitative estimate of drug-likeness (QED) is 0.646. The van der Waals surface area contributed by atoms with Gasteiger partial charge in [-0.3, -0.25) is 4.79 Å². The summed E-state index contributed by atoms with van der Waals surface area (Å²) in [4.78, 5) is 11.1. The first kappa shape index (κ1) is 6.40. The van der Waals surface area contributed by atoms with Gasteiger partial charge in [-0.2, -0.15) is 0 Å². The fourth-order valence-corrected chi connectivity index (χ4v) is 0.980. The first-order valence-corrected chi connectivity index (χ1v) is 3.44. The summed E-state index contributed by atoms with van der Waals surface area (Å²) in [7, 11) is 0. The fraction of sp³-hybridized carbons (Fsp3) is 0.222. The standard InChI is InChI=1S/C9H11NO/c1-6-3-4-7(2)8(5-6)9(10)11/h3-5H,1-2H3,(H2,10,11)/i/hD. The van der Waals surface area contributed by atoms with Gasteiger partial charge in [0.25, 0.3) is 0 Å². The number of aryl methyl sites for hydroxylation is 2. The lowest BCUT2D eigenvalue weighted by Crippen LogP contribution is -2.12. The van der Waals surface area contributed by atoms with Crippen LogP contribution in [0.3, 0.4) is 0 Å². The van der Waals surface area contributed by atoms with Gasteiger partial charge in [0.1, 0.15) is 0 Å². The van der Waals surface area contributed by atoms with Crippen molar-refractivity contribution in [1.82, 2.24) is 0 Å². The second-order valence-corrected chi connectivity index (χ2v) is 2.65. The Bertz CT molecular complexity index is 309. The third kappa shape index (κ3) is 1.58. The Labute approximate surface area is 67.5 Å². The normalized spacial score (nSPS) is 10.5. The number of benzene rings is 1. The smallest absolute Gasteiger partial charge is 0.248 e. The summed E-state index contributed by atoms with van der Waals surface area (Å²) in [6.07, 6.45) is 0. The molecule has 0 aliphatic heterocycles. The number of nitrogens with two attached hydrogens (primary N) is 1. The molecule has 1 rings (SSSR count). The van der Waals surface area contributed by atoms with Crippen molar-refractivity contribution in [3.63, 3.8) is 0 Å². The molecule has 2 nitrogen and oxygen atoms in total. The molecule has 0 saturated heterocycles. The predicted molar refractivity (Wildman–Crippen MR) is 44.4 cm³/mol. The molecule has 0 saturated carbocycles. The van der Waals surface area contributed by atoms with Crippen LogP contribution in [0.15, 0.2) is 18.2 Å². The molecule has 0 spiro atoms. The molecular formula is C9H11NO. The van der Waals surface area contributed by atoms with Gasteiger partial charge in [0.2, 0.25) is 5.91 Å². The van der Waals surface area contributed by atoms with E-state index in [-0.39, 0.29) is 5.91 Å². The Morgan fingerprint density at radius 1 is 1.55 bits per heavy atom. The average molecular weight is 150 g/mol. The van der Waals surface area contributed by atoms with Crippen LogP contribution in [0.1, 0.15) is 21.5 Å². The lowest BCUT2D eigenvalue weighted by molar-refractivity contribution is 0.0999. The lowest BCUT2D eigenvalue weighted by Gasteiger charge is -2.01. The summed E-state index contributed by atoms with van der Waals surface area (Å²) in [6, 6.07) is 5.59. The number of hydrogen-bond donors (Lipinski definition) is 1. The molecule has 0 bridgehead atoms. The minimum absolute atomic E-state index is 0.351. The first-order valence-electron chi connectivity index (χ1n) is 3.94. The van der Waals surface area contributed by atoms with Crippen LogP contribution >= 0.6 is 0 Å². The maximum absolute atomic E-state index is 11.1. The van der Waals surface area contributed by atoms with Gasteiger partial charge in [0, 0.05) is 5.56 Å². The Kier molecular flexibility index (Phi) is 1.60. The van der Waals surface area contributed by atoms with Crippen LogP contribution in [-0.2, 0) is 0 Å². The van der Waals surface area contributed by atoms with Crippen LogP contribution in [0.2, 0.25) is 1.41 Å². The van der Waals surface area contributed by atoms with Crippen LogP contribution in [0.5, 0.6) is 0 Å². The van der Waals surface area contributed by atoms with Gasteiger partial charge in [-0.1, -0.05) is 17.7 Å². The van der Waals surface area contributed by atoms with Crippen molar-refractivity contribution in [2.75, 3.05) is 0 Å². The van der Waals surface area contributed by atoms with E-state index >= 15 is 0 Å². The zero-order valence-corrected chi connectivity index (χ0v) is 6.64. The molecular weight excluding hydrogens is 138 g/mol. The molecule has 0 aliphatic rings. The van der Waals surface area contributed by atoms with E-state index in [0.29, 0.717) is 5.56 Å². The first-order chi connectivity index (χ1) is 5.65. The van der Waals surface area contributed by atoms with Gasteiger partial charge in [0.05, 0.1) is 0 Å². The van der Waals surface area contributed by atoms with Crippen molar-refractivity contribution in [2.24, 2.45) is 5.73 Å². The van der Waals surface area contributed by atoms with Crippen LogP contribution in [-0.4, -0.2) is 5.91 Å². The minimum Gasteiger partial charge on any atom is -0.366 e. The van der Waals surface area contributed by atoms with Crippen molar-refractivity contribution < 1.29 is 6.21 Å². The van der Waals surface area contributed by atoms with Gasteiger partial charge in [-0.05, 0) is 25.5 Å². The van der Waals surface area contributed by atoms with Gasteiger partial charge >= 0.3 is 0 Å². The number of carbonyl (C=O) groups is 1. The van der Waals surface area contributed by atoms with Gasteiger partial charge in [-0.15, -0.1) is 0 Å². The van der Waals surface area contributed by atoms with E-state index in [1.807, 2.05) is 31.7 Å². The molecule has 1 aromatic carbocycles. The monoisotopic (exact) mass is 150 g/mol. The zero-order valence-electron chi connectivity index (χ0n) is 7.64. The molecule has 0 aliphatic carbocycles. The highest BCUT2D eigenvalue weighted by atomic mass is 16.1. The second kappa shape index (κ2) is 2.74. The second-order valence-electron chi connectivity index (χ2n) is 2.65. The van der Waals surface area contributed by atoms with Crippen LogP contribution in [0.4, 0.5) is 0 Å². The highest BCUT2D eigenvalue weighted by Gasteiger charge is 2.02. The van der Waals surface area contributed by atoms with Crippen LogP contribution in [0, 0.1) is 13.8 Å². The molecule has 0 atom stereocenters. The molecule has 11 heavy (non-hydrogen) atoms. The molecule has 0 aromatic heterocycles. The van der Waals surface area contributed by atoms with E-state index in [9.17, 15) is 4.79 Å². The predicted octanol–water partition coefficient (Wildman–Crippen LogP) is 1.40. The van der Waals surface area contributed by atoms with Crippen molar-refractivity contribution in [1.29, 1.82) is 0 Å². The highest BCUT2D eigenvalue weighted by molar-refractivity contribution is 5.94. The molecule has 2 N–H and O–H groups in total. The lowest BCUT2D eigenvalue weighted by atomic mass is 10.1. The number of hydrogen-bond acceptors (Lipinski definition) is 1. The molecule has 0 radical (unpaired) electrons. The summed E-state index contributed by atoms with van der Waals surface area (Å²) in [6.45, 7) is 3.77.